The molecule has 1 unspecified atom stereocenters. The summed E-state index contributed by atoms with van der Waals surface area (Å²) in [5, 5.41) is 2.86. The van der Waals surface area contributed by atoms with Gasteiger partial charge in [0, 0.05) is 45.6 Å². The third-order valence-corrected chi connectivity index (χ3v) is 6.27. The molecule has 4 rings (SSSR count). The van der Waals surface area contributed by atoms with Gasteiger partial charge in [-0.05, 0) is 37.4 Å². The lowest BCUT2D eigenvalue weighted by Gasteiger charge is -2.35. The van der Waals surface area contributed by atoms with Crippen molar-refractivity contribution in [1.29, 1.82) is 0 Å². The van der Waals surface area contributed by atoms with Gasteiger partial charge in [0.2, 0.25) is 5.92 Å². The van der Waals surface area contributed by atoms with Crippen molar-refractivity contribution in [1.82, 2.24) is 19.8 Å². The van der Waals surface area contributed by atoms with E-state index in [1.54, 1.807) is 6.33 Å². The van der Waals surface area contributed by atoms with Crippen LogP contribution in [-0.2, 0) is 0 Å². The Morgan fingerprint density at radius 1 is 1.28 bits per heavy atom. The number of rotatable bonds is 5. The predicted octanol–water partition coefficient (Wildman–Crippen LogP) is 3.56. The number of fused-ring (bicyclic) bond motifs is 1. The van der Waals surface area contributed by atoms with E-state index in [-0.39, 0.29) is 24.8 Å². The molecule has 1 saturated heterocycles. The number of hydrogen-bond donors (Lipinski definition) is 1. The number of nitrogens with one attached hydrogen (secondary N) is 1. The number of alkyl halides is 2. The highest BCUT2D eigenvalue weighted by atomic mass is 19.3. The van der Waals surface area contributed by atoms with Crippen molar-refractivity contribution >= 4 is 22.8 Å². The highest BCUT2D eigenvalue weighted by Crippen LogP contribution is 2.40. The van der Waals surface area contributed by atoms with Crippen LogP contribution in [-0.4, -0.2) is 65.7 Å². The summed E-state index contributed by atoms with van der Waals surface area (Å²) >= 11 is 0. The number of likely N-dealkylation sites (N-methyl/N-ethyl adjacent to an activating group) is 1. The van der Waals surface area contributed by atoms with E-state index in [0.717, 1.165) is 49.4 Å². The summed E-state index contributed by atoms with van der Waals surface area (Å²) in [7, 11) is 0. The average Bonchev–Trinajstić information content (AvgIpc) is 3.30. The smallest absolute Gasteiger partial charge is 0.327 e. The van der Waals surface area contributed by atoms with E-state index >= 15 is 0 Å². The van der Waals surface area contributed by atoms with E-state index in [4.69, 9.17) is 0 Å². The third kappa shape index (κ3) is 4.37. The number of benzene rings is 1. The summed E-state index contributed by atoms with van der Waals surface area (Å²) in [6.07, 6.45) is 2.57. The zero-order chi connectivity index (χ0) is 20.4. The van der Waals surface area contributed by atoms with Crippen molar-refractivity contribution in [2.45, 2.75) is 38.5 Å². The summed E-state index contributed by atoms with van der Waals surface area (Å²) in [6.45, 7) is 7.57. The van der Waals surface area contributed by atoms with Crippen LogP contribution >= 0.6 is 0 Å². The topological polar surface area (TPSA) is 53.4 Å². The summed E-state index contributed by atoms with van der Waals surface area (Å²) in [6, 6.07) is 5.64. The molecule has 8 heteroatoms. The monoisotopic (exact) mass is 405 g/mol. The number of anilines is 1. The molecule has 1 aromatic heterocycles. The molecule has 2 heterocycles. The number of carbonyl (C=O) groups excluding carboxylic acids is 1. The first kappa shape index (κ1) is 20.1. The molecule has 2 fully saturated rings. The van der Waals surface area contributed by atoms with Gasteiger partial charge in [-0.3, -0.25) is 4.57 Å². The van der Waals surface area contributed by atoms with Crippen LogP contribution in [0.1, 0.15) is 32.6 Å². The second-order valence-corrected chi connectivity index (χ2v) is 8.17. The van der Waals surface area contributed by atoms with Crippen molar-refractivity contribution in [3.8, 4) is 0 Å². The van der Waals surface area contributed by atoms with Crippen LogP contribution in [0.5, 0.6) is 0 Å². The second kappa shape index (κ2) is 8.26. The highest BCUT2D eigenvalue weighted by Gasteiger charge is 2.38. The molecule has 1 aliphatic heterocycles. The first-order valence-corrected chi connectivity index (χ1v) is 10.6. The van der Waals surface area contributed by atoms with Crippen molar-refractivity contribution in [3.63, 3.8) is 0 Å². The van der Waals surface area contributed by atoms with Crippen molar-refractivity contribution < 1.29 is 13.6 Å². The summed E-state index contributed by atoms with van der Waals surface area (Å²) in [4.78, 5) is 21.9. The first-order valence-electron chi connectivity index (χ1n) is 10.6. The molecule has 1 atom stereocenters. The van der Waals surface area contributed by atoms with Gasteiger partial charge in [0.15, 0.2) is 0 Å². The van der Waals surface area contributed by atoms with Gasteiger partial charge in [-0.15, -0.1) is 0 Å². The average molecular weight is 405 g/mol. The van der Waals surface area contributed by atoms with E-state index in [9.17, 15) is 13.6 Å². The Hall–Kier alpha value is -2.22. The minimum Gasteiger partial charge on any atom is -0.367 e. The molecule has 2 aliphatic rings. The minimum atomic E-state index is -2.53. The zero-order valence-corrected chi connectivity index (χ0v) is 16.9. The molecule has 1 aliphatic carbocycles. The molecule has 0 bridgehead atoms. The molecular formula is C21H29F2N5O. The number of para-hydroxylation sites is 1. The fraction of sp³-hybridized carbons (Fsp3) is 0.619. The van der Waals surface area contributed by atoms with E-state index in [1.807, 2.05) is 12.1 Å². The maximum atomic E-state index is 13.3. The molecule has 158 valence electrons. The van der Waals surface area contributed by atoms with E-state index in [1.165, 1.54) is 4.57 Å². The standard InChI is InChI=1S/C21H29F2N5O/c1-2-26-10-12-27(13-11-26)17-4-3-5-18-19(17)25-15-28(18)20(29)24-9-7-16-6-8-21(22,23)14-16/h3-5,15-16H,2,6-14H2,1H3,(H,24,29). The number of piperazine rings is 1. The highest BCUT2D eigenvalue weighted by molar-refractivity contribution is 5.95. The fourth-order valence-electron chi connectivity index (χ4n) is 4.50. The van der Waals surface area contributed by atoms with Gasteiger partial charge in [0.05, 0.1) is 11.2 Å². The fourth-order valence-corrected chi connectivity index (χ4v) is 4.50. The van der Waals surface area contributed by atoms with Gasteiger partial charge < -0.3 is 15.1 Å². The first-order chi connectivity index (χ1) is 14.0. The molecule has 0 radical (unpaired) electrons. The van der Waals surface area contributed by atoms with Crippen molar-refractivity contribution in [3.05, 3.63) is 24.5 Å². The van der Waals surface area contributed by atoms with Crippen LogP contribution in [0.2, 0.25) is 0 Å². The van der Waals surface area contributed by atoms with Crippen LogP contribution in [0.25, 0.3) is 11.0 Å². The summed E-state index contributed by atoms with van der Waals surface area (Å²) in [5.41, 5.74) is 2.64. The SMILES string of the molecule is CCN1CCN(c2cccc3c2ncn3C(=O)NCCC2CCC(F)(F)C2)CC1. The number of halogens is 2. The number of hydrogen-bond acceptors (Lipinski definition) is 4. The molecule has 6 nitrogen and oxygen atoms in total. The van der Waals surface area contributed by atoms with Crippen LogP contribution in [0.15, 0.2) is 24.5 Å². The van der Waals surface area contributed by atoms with E-state index in [2.05, 4.69) is 33.1 Å². The molecule has 2 aromatic rings. The number of imidazole rings is 1. The van der Waals surface area contributed by atoms with Crippen molar-refractivity contribution in [2.75, 3.05) is 44.2 Å². The Morgan fingerprint density at radius 3 is 2.76 bits per heavy atom. The van der Waals surface area contributed by atoms with Crippen LogP contribution in [0.3, 0.4) is 0 Å². The number of carbonyl (C=O) groups is 1. The summed E-state index contributed by atoms with van der Waals surface area (Å²) < 4.78 is 28.1. The molecular weight excluding hydrogens is 376 g/mol. The maximum absolute atomic E-state index is 13.3. The number of nitrogens with zero attached hydrogens (tertiary/aromatic N) is 4. The molecule has 1 N–H and O–H groups in total. The number of aromatic nitrogens is 2. The molecule has 1 saturated carbocycles. The van der Waals surface area contributed by atoms with E-state index < -0.39 is 5.92 Å². The van der Waals surface area contributed by atoms with Gasteiger partial charge in [-0.25, -0.2) is 18.6 Å². The Kier molecular flexibility index (Phi) is 5.72. The summed E-state index contributed by atoms with van der Waals surface area (Å²) in [5.74, 6) is -2.55. The quantitative estimate of drug-likeness (QED) is 0.827. The van der Waals surface area contributed by atoms with Gasteiger partial charge in [-0.2, -0.15) is 0 Å². The maximum Gasteiger partial charge on any atom is 0.327 e. The Labute approximate surface area is 169 Å². The van der Waals surface area contributed by atoms with Crippen LogP contribution in [0.4, 0.5) is 19.3 Å². The second-order valence-electron chi connectivity index (χ2n) is 8.17. The Balaban J connectivity index is 1.40. The van der Waals surface area contributed by atoms with Gasteiger partial charge in [0.1, 0.15) is 11.8 Å². The van der Waals surface area contributed by atoms with Gasteiger partial charge >= 0.3 is 6.03 Å². The largest absolute Gasteiger partial charge is 0.367 e. The van der Waals surface area contributed by atoms with Gasteiger partial charge in [-0.1, -0.05) is 13.0 Å². The molecule has 0 spiro atoms. The van der Waals surface area contributed by atoms with Crippen LogP contribution < -0.4 is 10.2 Å². The Bertz CT molecular complexity index is 860. The lowest BCUT2D eigenvalue weighted by atomic mass is 10.0. The molecule has 1 amide bonds. The number of amides is 1. The lowest BCUT2D eigenvalue weighted by molar-refractivity contribution is 0.00478. The predicted molar refractivity (Wildman–Crippen MR) is 110 cm³/mol. The van der Waals surface area contributed by atoms with Crippen LogP contribution in [0, 0.1) is 5.92 Å². The minimum absolute atomic E-state index is 0.0155. The van der Waals surface area contributed by atoms with Crippen molar-refractivity contribution in [2.24, 2.45) is 5.92 Å². The molecule has 29 heavy (non-hydrogen) atoms. The van der Waals surface area contributed by atoms with E-state index in [0.29, 0.717) is 19.4 Å². The third-order valence-electron chi connectivity index (χ3n) is 6.27. The lowest BCUT2D eigenvalue weighted by Crippen LogP contribution is -2.46. The van der Waals surface area contributed by atoms with Gasteiger partial charge in [0.25, 0.3) is 0 Å². The Morgan fingerprint density at radius 2 is 2.07 bits per heavy atom. The zero-order valence-electron chi connectivity index (χ0n) is 16.9. The normalized spacial score (nSPS) is 22.3. The molecule has 1 aromatic carbocycles.